The van der Waals surface area contributed by atoms with E-state index in [1.165, 1.54) is 0 Å². The fourth-order valence-electron chi connectivity index (χ4n) is 7.25. The molecule has 3 amide bonds. The van der Waals surface area contributed by atoms with Gasteiger partial charge >= 0.3 is 0 Å². The van der Waals surface area contributed by atoms with Crippen LogP contribution in [0.25, 0.3) is 0 Å². The van der Waals surface area contributed by atoms with Gasteiger partial charge in [-0.3, -0.25) is 14.4 Å². The number of nitrogens with zero attached hydrogens (tertiary/aromatic N) is 3. The zero-order valence-corrected chi connectivity index (χ0v) is 24.1. The summed E-state index contributed by atoms with van der Waals surface area (Å²) in [5.41, 5.74) is -0.811. The Hall–Kier alpha value is -2.97. The second-order valence-corrected chi connectivity index (χ2v) is 11.5. The highest BCUT2D eigenvalue weighted by Crippen LogP contribution is 2.64. The molecular weight excluding hydrogens is 506 g/mol. The van der Waals surface area contributed by atoms with Gasteiger partial charge in [-0.25, -0.2) is 0 Å². The van der Waals surface area contributed by atoms with E-state index < -0.39 is 29.1 Å². The van der Waals surface area contributed by atoms with Crippen molar-refractivity contribution in [1.82, 2.24) is 14.7 Å². The number of likely N-dealkylation sites (N-methyl/N-ethyl adjacent to an activating group) is 1. The summed E-state index contributed by atoms with van der Waals surface area (Å²) in [4.78, 5) is 47.8. The Bertz CT molecular complexity index is 1090. The molecule has 2 bridgehead atoms. The van der Waals surface area contributed by atoms with E-state index in [4.69, 9.17) is 4.74 Å². The van der Waals surface area contributed by atoms with Crippen molar-refractivity contribution >= 4 is 17.7 Å². The van der Waals surface area contributed by atoms with Gasteiger partial charge in [0, 0.05) is 39.8 Å². The van der Waals surface area contributed by atoms with Gasteiger partial charge in [0.05, 0.1) is 17.4 Å². The molecule has 0 aromatic heterocycles. The summed E-state index contributed by atoms with van der Waals surface area (Å²) >= 11 is 0. The summed E-state index contributed by atoms with van der Waals surface area (Å²) in [6.07, 6.45) is 8.31. The van der Waals surface area contributed by atoms with Crippen LogP contribution in [0.3, 0.4) is 0 Å². The maximum atomic E-state index is 14.5. The van der Waals surface area contributed by atoms with Crippen molar-refractivity contribution in [2.75, 3.05) is 33.3 Å². The highest BCUT2D eigenvalue weighted by molar-refractivity contribution is 5.99. The summed E-state index contributed by atoms with van der Waals surface area (Å²) in [5.74, 6) is -1.77. The smallest absolute Gasteiger partial charge is 0.248 e. The second kappa shape index (κ2) is 12.7. The topological polar surface area (TPSA) is 90.4 Å². The molecule has 218 valence electrons. The molecule has 3 aliphatic rings. The summed E-state index contributed by atoms with van der Waals surface area (Å²) in [6, 6.07) is 9.00. The van der Waals surface area contributed by atoms with Gasteiger partial charge in [-0.2, -0.15) is 0 Å². The molecule has 3 fully saturated rings. The third-order valence-corrected chi connectivity index (χ3v) is 9.14. The summed E-state index contributed by atoms with van der Waals surface area (Å²) in [5, 5.41) is 9.18. The van der Waals surface area contributed by atoms with Gasteiger partial charge in [-0.05, 0) is 37.7 Å². The highest BCUT2D eigenvalue weighted by atomic mass is 16.5. The van der Waals surface area contributed by atoms with Gasteiger partial charge in [0.2, 0.25) is 17.7 Å². The SMILES string of the molecule is C=CCN(C)C(=O)[C@@H]1[C@H]2C(=O)N(CCCCCCO)C(C(=O)N(CC=C)Cc3ccccc3)C23CC[C@@]1(CC)O3. The summed E-state index contributed by atoms with van der Waals surface area (Å²) < 4.78 is 6.90. The predicted molar refractivity (Wildman–Crippen MR) is 154 cm³/mol. The van der Waals surface area contributed by atoms with Gasteiger partial charge in [0.25, 0.3) is 0 Å². The molecule has 8 nitrogen and oxygen atoms in total. The number of unbranched alkanes of at least 4 members (excludes halogenated alkanes) is 3. The van der Waals surface area contributed by atoms with Crippen LogP contribution in [-0.2, 0) is 25.7 Å². The number of aliphatic hydroxyl groups excluding tert-OH is 1. The first-order chi connectivity index (χ1) is 19.3. The van der Waals surface area contributed by atoms with Crippen molar-refractivity contribution in [2.24, 2.45) is 11.8 Å². The van der Waals surface area contributed by atoms with E-state index in [9.17, 15) is 19.5 Å². The van der Waals surface area contributed by atoms with Gasteiger partial charge in [-0.15, -0.1) is 13.2 Å². The zero-order valence-electron chi connectivity index (χ0n) is 24.1. The number of carbonyl (C=O) groups excluding carboxylic acids is 3. The number of aliphatic hydroxyl groups is 1. The Morgan fingerprint density at radius 3 is 2.42 bits per heavy atom. The van der Waals surface area contributed by atoms with E-state index in [1.54, 1.807) is 33.9 Å². The second-order valence-electron chi connectivity index (χ2n) is 11.5. The van der Waals surface area contributed by atoms with Gasteiger partial charge in [0.1, 0.15) is 11.6 Å². The summed E-state index contributed by atoms with van der Waals surface area (Å²) in [7, 11) is 1.73. The van der Waals surface area contributed by atoms with Crippen LogP contribution >= 0.6 is 0 Å². The number of hydrogen-bond acceptors (Lipinski definition) is 5. The molecular formula is C32H45N3O5. The maximum absolute atomic E-state index is 14.5. The molecule has 2 unspecified atom stereocenters. The molecule has 3 saturated heterocycles. The van der Waals surface area contributed by atoms with Crippen molar-refractivity contribution < 1.29 is 24.2 Å². The van der Waals surface area contributed by atoms with Crippen LogP contribution in [-0.4, -0.2) is 88.1 Å². The average molecular weight is 552 g/mol. The third-order valence-electron chi connectivity index (χ3n) is 9.14. The van der Waals surface area contributed by atoms with Crippen LogP contribution in [0.2, 0.25) is 0 Å². The average Bonchev–Trinajstić information content (AvgIpc) is 3.56. The Morgan fingerprint density at radius 2 is 1.77 bits per heavy atom. The van der Waals surface area contributed by atoms with Crippen LogP contribution in [0.4, 0.5) is 0 Å². The molecule has 1 N–H and O–H groups in total. The van der Waals surface area contributed by atoms with E-state index in [-0.39, 0.29) is 24.3 Å². The lowest BCUT2D eigenvalue weighted by molar-refractivity contribution is -0.155. The van der Waals surface area contributed by atoms with Crippen molar-refractivity contribution in [3.05, 3.63) is 61.2 Å². The fourth-order valence-corrected chi connectivity index (χ4v) is 7.25. The summed E-state index contributed by atoms with van der Waals surface area (Å²) in [6.45, 7) is 11.3. The Kier molecular flexibility index (Phi) is 9.52. The van der Waals surface area contributed by atoms with Crippen LogP contribution in [0.1, 0.15) is 57.4 Å². The molecule has 0 saturated carbocycles. The van der Waals surface area contributed by atoms with Crippen molar-refractivity contribution in [1.29, 1.82) is 0 Å². The van der Waals surface area contributed by atoms with E-state index in [0.717, 1.165) is 18.4 Å². The standard InChI is InChI=1S/C32H45N3O5/c1-5-19-33(4)28(37)25-26-29(38)35(21-13-8-9-14-22-36)27(32(26)18-17-31(25,7-3)40-32)30(39)34(20-6-2)23-24-15-11-10-12-16-24/h5-6,10-12,15-16,25-27,36H,1-2,7-9,13-14,17-23H2,3-4H3/t25-,26-,27?,31+,32?/m0/s1. The number of benzene rings is 1. The molecule has 0 aliphatic carbocycles. The Labute approximate surface area is 238 Å². The molecule has 3 heterocycles. The molecule has 1 spiro atoms. The minimum Gasteiger partial charge on any atom is -0.396 e. The van der Waals surface area contributed by atoms with Crippen molar-refractivity contribution in [3.8, 4) is 0 Å². The first-order valence-corrected chi connectivity index (χ1v) is 14.7. The quantitative estimate of drug-likeness (QED) is 0.266. The number of fused-ring (bicyclic) bond motifs is 1. The zero-order chi connectivity index (χ0) is 28.9. The van der Waals surface area contributed by atoms with E-state index >= 15 is 0 Å². The van der Waals surface area contributed by atoms with Crippen LogP contribution < -0.4 is 0 Å². The molecule has 3 aliphatic heterocycles. The molecule has 40 heavy (non-hydrogen) atoms. The highest BCUT2D eigenvalue weighted by Gasteiger charge is 2.78. The number of likely N-dealkylation sites (tertiary alicyclic amines) is 1. The molecule has 1 aromatic rings. The lowest BCUT2D eigenvalue weighted by Gasteiger charge is -2.37. The van der Waals surface area contributed by atoms with Crippen LogP contribution in [0.5, 0.6) is 0 Å². The molecule has 8 heteroatoms. The first-order valence-electron chi connectivity index (χ1n) is 14.7. The Morgan fingerprint density at radius 1 is 1.07 bits per heavy atom. The van der Waals surface area contributed by atoms with Gasteiger partial charge in [0.15, 0.2) is 0 Å². The van der Waals surface area contributed by atoms with Crippen molar-refractivity contribution in [3.63, 3.8) is 0 Å². The maximum Gasteiger partial charge on any atom is 0.248 e. The van der Waals surface area contributed by atoms with Crippen LogP contribution in [0, 0.1) is 11.8 Å². The van der Waals surface area contributed by atoms with E-state index in [2.05, 4.69) is 13.2 Å². The molecule has 1 aromatic carbocycles. The minimum absolute atomic E-state index is 0.120. The van der Waals surface area contributed by atoms with Crippen LogP contribution in [0.15, 0.2) is 55.6 Å². The predicted octanol–water partition coefficient (Wildman–Crippen LogP) is 3.55. The van der Waals surface area contributed by atoms with Gasteiger partial charge in [-0.1, -0.05) is 62.2 Å². The number of amides is 3. The fraction of sp³-hybridized carbons (Fsp3) is 0.594. The Balaban J connectivity index is 1.72. The number of carbonyl (C=O) groups is 3. The third kappa shape index (κ3) is 5.23. The number of rotatable bonds is 15. The monoisotopic (exact) mass is 551 g/mol. The van der Waals surface area contributed by atoms with Gasteiger partial charge < -0.3 is 24.5 Å². The van der Waals surface area contributed by atoms with E-state index in [1.807, 2.05) is 37.3 Å². The largest absolute Gasteiger partial charge is 0.396 e. The van der Waals surface area contributed by atoms with Crippen molar-refractivity contribution in [2.45, 2.75) is 75.7 Å². The molecule has 4 rings (SSSR count). The normalized spacial score (nSPS) is 28.4. The minimum atomic E-state index is -1.04. The first kappa shape index (κ1) is 30.0. The number of hydrogen-bond donors (Lipinski definition) is 1. The molecule has 5 atom stereocenters. The molecule has 0 radical (unpaired) electrons. The van der Waals surface area contributed by atoms with E-state index in [0.29, 0.717) is 58.3 Å². The number of ether oxygens (including phenoxy) is 1. The lowest BCUT2D eigenvalue weighted by Crippen LogP contribution is -2.56. The lowest BCUT2D eigenvalue weighted by atomic mass is 9.64.